The highest BCUT2D eigenvalue weighted by atomic mass is 32.2. The first-order valence-electron chi connectivity index (χ1n) is 4.99. The lowest BCUT2D eigenvalue weighted by Crippen LogP contribution is -2.38. The molecule has 1 aromatic rings. The normalized spacial score (nSPS) is 15.2. The second kappa shape index (κ2) is 4.48. The molecular weight excluding hydrogens is 265 g/mol. The van der Waals surface area contributed by atoms with E-state index >= 15 is 0 Å². The van der Waals surface area contributed by atoms with E-state index in [9.17, 15) is 17.6 Å². The van der Waals surface area contributed by atoms with Gasteiger partial charge in [-0.3, -0.25) is 4.90 Å². The van der Waals surface area contributed by atoms with Crippen molar-refractivity contribution in [3.05, 3.63) is 11.8 Å². The van der Waals surface area contributed by atoms with Gasteiger partial charge in [-0.15, -0.1) is 0 Å². The van der Waals surface area contributed by atoms with Gasteiger partial charge in [-0.2, -0.15) is 4.98 Å². The van der Waals surface area contributed by atoms with Crippen LogP contribution in [0.2, 0.25) is 0 Å². The molecule has 0 saturated heterocycles. The van der Waals surface area contributed by atoms with Gasteiger partial charge in [-0.05, 0) is 0 Å². The van der Waals surface area contributed by atoms with E-state index in [-0.39, 0.29) is 19.0 Å². The van der Waals surface area contributed by atoms with Crippen LogP contribution in [0.1, 0.15) is 5.56 Å². The van der Waals surface area contributed by atoms with E-state index in [0.717, 1.165) is 11.2 Å². The van der Waals surface area contributed by atoms with Crippen molar-refractivity contribution in [3.8, 4) is 0 Å². The summed E-state index contributed by atoms with van der Waals surface area (Å²) >= 11 is 0. The largest absolute Gasteiger partial charge is 0.444 e. The van der Waals surface area contributed by atoms with Gasteiger partial charge in [-0.25, -0.2) is 22.6 Å². The lowest BCUT2D eigenvalue weighted by molar-refractivity contribution is 0.140. The minimum atomic E-state index is -3.59. The molecule has 1 aliphatic rings. The number of sulfone groups is 1. The Bertz CT molecular complexity index is 589. The van der Waals surface area contributed by atoms with Gasteiger partial charge in [-0.1, -0.05) is 0 Å². The molecular formula is C9H10FN3O4S. The Morgan fingerprint density at radius 1 is 1.56 bits per heavy atom. The van der Waals surface area contributed by atoms with Gasteiger partial charge in [0.25, 0.3) is 0 Å². The van der Waals surface area contributed by atoms with Gasteiger partial charge >= 0.3 is 6.09 Å². The molecule has 1 aliphatic heterocycles. The molecule has 0 bridgehead atoms. The molecule has 18 heavy (non-hydrogen) atoms. The highest BCUT2D eigenvalue weighted by Gasteiger charge is 2.28. The van der Waals surface area contributed by atoms with Crippen molar-refractivity contribution >= 4 is 21.7 Å². The molecule has 1 amide bonds. The van der Waals surface area contributed by atoms with E-state index in [1.165, 1.54) is 6.20 Å². The summed E-state index contributed by atoms with van der Waals surface area (Å²) in [4.78, 5) is 19.9. The first-order valence-corrected chi connectivity index (χ1v) is 6.89. The summed E-state index contributed by atoms with van der Waals surface area (Å²) in [5.74, 6) is 0.0827. The predicted octanol–water partition coefficient (Wildman–Crippen LogP) is 0.306. The van der Waals surface area contributed by atoms with E-state index in [4.69, 9.17) is 4.74 Å². The summed E-state index contributed by atoms with van der Waals surface area (Å²) in [6.45, 7) is -1.08. The van der Waals surface area contributed by atoms with Gasteiger partial charge in [0.2, 0.25) is 15.0 Å². The highest BCUT2D eigenvalue weighted by molar-refractivity contribution is 7.90. The smallest absolute Gasteiger partial charge is 0.415 e. The molecule has 0 aromatic carbocycles. The number of anilines is 1. The molecule has 0 radical (unpaired) electrons. The van der Waals surface area contributed by atoms with Crippen molar-refractivity contribution in [1.82, 2.24) is 9.97 Å². The first-order chi connectivity index (χ1) is 8.43. The molecule has 0 aliphatic carbocycles. The number of halogens is 1. The van der Waals surface area contributed by atoms with Crippen LogP contribution in [-0.2, 0) is 21.2 Å². The summed E-state index contributed by atoms with van der Waals surface area (Å²) in [5, 5.41) is -0.403. The van der Waals surface area contributed by atoms with Crippen LogP contribution in [0.25, 0.3) is 0 Å². The number of hydrogen-bond donors (Lipinski definition) is 0. The lowest BCUT2D eigenvalue weighted by Gasteiger charge is -2.26. The van der Waals surface area contributed by atoms with Crippen LogP contribution in [0, 0.1) is 0 Å². The zero-order chi connectivity index (χ0) is 13.3. The number of aromatic nitrogens is 2. The number of ether oxygens (including phenoxy) is 1. The lowest BCUT2D eigenvalue weighted by atomic mass is 10.3. The van der Waals surface area contributed by atoms with E-state index in [2.05, 4.69) is 9.97 Å². The predicted molar refractivity (Wildman–Crippen MR) is 58.6 cm³/mol. The molecule has 0 unspecified atom stereocenters. The number of cyclic esters (lactones) is 1. The summed E-state index contributed by atoms with van der Waals surface area (Å²) in [7, 11) is -3.59. The molecule has 0 atom stereocenters. The Hall–Kier alpha value is -1.77. The van der Waals surface area contributed by atoms with Gasteiger partial charge in [0.1, 0.15) is 19.1 Å². The maximum Gasteiger partial charge on any atom is 0.415 e. The highest BCUT2D eigenvalue weighted by Crippen LogP contribution is 2.24. The van der Waals surface area contributed by atoms with Crippen molar-refractivity contribution in [3.63, 3.8) is 0 Å². The Morgan fingerprint density at radius 2 is 2.28 bits per heavy atom. The van der Waals surface area contributed by atoms with E-state index in [1.807, 2.05) is 0 Å². The van der Waals surface area contributed by atoms with E-state index in [1.54, 1.807) is 0 Å². The molecule has 2 rings (SSSR count). The summed E-state index contributed by atoms with van der Waals surface area (Å²) in [5.41, 5.74) is 0.440. The van der Waals surface area contributed by atoms with E-state index < -0.39 is 27.8 Å². The molecule has 2 heterocycles. The molecule has 0 N–H and O–H groups in total. The first kappa shape index (κ1) is 12.7. The van der Waals surface area contributed by atoms with Crippen molar-refractivity contribution in [1.29, 1.82) is 0 Å². The number of fused-ring (bicyclic) bond motifs is 1. The van der Waals surface area contributed by atoms with Gasteiger partial charge in [0, 0.05) is 12.5 Å². The van der Waals surface area contributed by atoms with Crippen LogP contribution in [0.5, 0.6) is 0 Å². The number of rotatable bonds is 3. The number of hydrogen-bond acceptors (Lipinski definition) is 6. The summed E-state index contributed by atoms with van der Waals surface area (Å²) < 4.78 is 39.8. The van der Waals surface area contributed by atoms with Crippen LogP contribution in [0.4, 0.5) is 15.0 Å². The van der Waals surface area contributed by atoms with Crippen LogP contribution in [0.3, 0.4) is 0 Å². The van der Waals surface area contributed by atoms with Gasteiger partial charge in [0.05, 0.1) is 12.1 Å². The number of nitrogens with zero attached hydrogens (tertiary/aromatic N) is 3. The molecule has 0 spiro atoms. The standard InChI is InChI=1S/C9H10FN3O4S/c1-18(15,16)8-11-4-6-5-17-9(14)13(3-2-10)7(6)12-8/h4H,2-3,5H2,1H3. The molecule has 9 heteroatoms. The molecule has 7 nitrogen and oxygen atoms in total. The Balaban J connectivity index is 2.51. The quantitative estimate of drug-likeness (QED) is 0.737. The zero-order valence-electron chi connectivity index (χ0n) is 9.46. The average molecular weight is 275 g/mol. The zero-order valence-corrected chi connectivity index (χ0v) is 10.3. The average Bonchev–Trinajstić information content (AvgIpc) is 2.31. The summed E-state index contributed by atoms with van der Waals surface area (Å²) in [6, 6.07) is 0. The van der Waals surface area contributed by atoms with Crippen LogP contribution >= 0.6 is 0 Å². The Kier molecular flexibility index (Phi) is 3.16. The third-order valence-electron chi connectivity index (χ3n) is 2.29. The molecule has 1 aromatic heterocycles. The fourth-order valence-electron chi connectivity index (χ4n) is 1.48. The maximum atomic E-state index is 12.4. The minimum absolute atomic E-state index is 0.0546. The fraction of sp³-hybridized carbons (Fsp3) is 0.444. The van der Waals surface area contributed by atoms with Crippen molar-refractivity contribution in [2.24, 2.45) is 0 Å². The van der Waals surface area contributed by atoms with E-state index in [0.29, 0.717) is 5.56 Å². The summed E-state index contributed by atoms with van der Waals surface area (Å²) in [6.07, 6.45) is 1.46. The molecule has 0 fully saturated rings. The Labute approximate surface area is 103 Å². The fourth-order valence-corrected chi connectivity index (χ4v) is 1.98. The van der Waals surface area contributed by atoms with Crippen molar-refractivity contribution in [2.75, 3.05) is 24.4 Å². The SMILES string of the molecule is CS(=O)(=O)c1ncc2c(n1)N(CCF)C(=O)OC2. The van der Waals surface area contributed by atoms with Crippen LogP contribution < -0.4 is 4.90 Å². The van der Waals surface area contributed by atoms with Crippen molar-refractivity contribution < 1.29 is 22.3 Å². The minimum Gasteiger partial charge on any atom is -0.444 e. The third-order valence-corrected chi connectivity index (χ3v) is 3.15. The number of alkyl halides is 1. The van der Waals surface area contributed by atoms with Crippen LogP contribution in [0.15, 0.2) is 11.4 Å². The second-order valence-corrected chi connectivity index (χ2v) is 5.58. The van der Waals surface area contributed by atoms with Crippen LogP contribution in [-0.4, -0.2) is 44.0 Å². The molecule has 98 valence electrons. The maximum absolute atomic E-state index is 12.4. The van der Waals surface area contributed by atoms with Crippen molar-refractivity contribution in [2.45, 2.75) is 11.8 Å². The number of carbonyl (C=O) groups excluding carboxylic acids is 1. The second-order valence-electron chi connectivity index (χ2n) is 3.67. The number of carbonyl (C=O) groups is 1. The third kappa shape index (κ3) is 2.26. The topological polar surface area (TPSA) is 89.5 Å². The molecule has 0 saturated carbocycles. The van der Waals surface area contributed by atoms with Gasteiger partial charge in [0.15, 0.2) is 0 Å². The Morgan fingerprint density at radius 3 is 2.89 bits per heavy atom. The monoisotopic (exact) mass is 275 g/mol. The van der Waals surface area contributed by atoms with Gasteiger partial charge < -0.3 is 4.74 Å². The number of amides is 1.